The van der Waals surface area contributed by atoms with Gasteiger partial charge in [-0.3, -0.25) is 4.79 Å². The predicted molar refractivity (Wildman–Crippen MR) is 117 cm³/mol. The number of amides is 1. The van der Waals surface area contributed by atoms with Crippen LogP contribution in [0.3, 0.4) is 0 Å². The van der Waals surface area contributed by atoms with Crippen LogP contribution in [-0.2, 0) is 10.2 Å². The second-order valence-electron chi connectivity index (χ2n) is 7.02. The Morgan fingerprint density at radius 1 is 1.11 bits per heavy atom. The summed E-state index contributed by atoms with van der Waals surface area (Å²) in [6.45, 7) is 6.51. The quantitative estimate of drug-likeness (QED) is 0.383. The lowest BCUT2D eigenvalue weighted by atomic mass is 9.87. The van der Waals surface area contributed by atoms with Gasteiger partial charge >= 0.3 is 0 Å². The Bertz CT molecular complexity index is 933. The first-order chi connectivity index (χ1) is 12.8. The largest absolute Gasteiger partial charge is 0.411 e. The van der Waals surface area contributed by atoms with E-state index in [1.807, 2.05) is 36.4 Å². The number of benzene rings is 2. The number of nitrogens with zero attached hydrogens (tertiary/aromatic N) is 2. The highest BCUT2D eigenvalue weighted by Gasteiger charge is 2.15. The van der Waals surface area contributed by atoms with E-state index in [1.54, 1.807) is 0 Å². The van der Waals surface area contributed by atoms with Gasteiger partial charge < -0.3 is 9.73 Å². The van der Waals surface area contributed by atoms with Gasteiger partial charge in [-0.1, -0.05) is 56.8 Å². The van der Waals surface area contributed by atoms with Crippen LogP contribution >= 0.6 is 34.4 Å². The normalized spacial score (nSPS) is 11.4. The molecule has 3 rings (SSSR count). The van der Waals surface area contributed by atoms with Crippen LogP contribution in [0.15, 0.2) is 58.2 Å². The second kappa shape index (κ2) is 8.43. The Hall–Kier alpha value is -1.87. The average molecular weight is 493 g/mol. The summed E-state index contributed by atoms with van der Waals surface area (Å²) in [6, 6.07) is 15.7. The maximum atomic E-state index is 12.1. The number of halogens is 1. The summed E-state index contributed by atoms with van der Waals surface area (Å²) in [5.41, 5.74) is 3.00. The Kier molecular flexibility index (Phi) is 6.21. The Morgan fingerprint density at radius 2 is 1.81 bits per heavy atom. The van der Waals surface area contributed by atoms with Crippen LogP contribution in [-0.4, -0.2) is 21.9 Å². The third-order valence-electron chi connectivity index (χ3n) is 3.88. The van der Waals surface area contributed by atoms with Gasteiger partial charge in [-0.05, 0) is 57.8 Å². The van der Waals surface area contributed by atoms with Gasteiger partial charge in [0, 0.05) is 9.13 Å². The molecule has 1 aromatic heterocycles. The minimum Gasteiger partial charge on any atom is -0.411 e. The summed E-state index contributed by atoms with van der Waals surface area (Å²) in [5, 5.41) is 11.4. The first-order valence-electron chi connectivity index (χ1n) is 8.44. The van der Waals surface area contributed by atoms with Crippen molar-refractivity contribution in [3.05, 3.63) is 57.7 Å². The Morgan fingerprint density at radius 3 is 2.48 bits per heavy atom. The summed E-state index contributed by atoms with van der Waals surface area (Å²) in [5.74, 6) is 0.546. The van der Waals surface area contributed by atoms with E-state index in [9.17, 15) is 4.79 Å². The molecule has 27 heavy (non-hydrogen) atoms. The van der Waals surface area contributed by atoms with Crippen molar-refractivity contribution in [1.82, 2.24) is 10.2 Å². The third-order valence-corrected chi connectivity index (χ3v) is 5.64. The van der Waals surface area contributed by atoms with E-state index in [2.05, 4.69) is 71.0 Å². The Balaban J connectivity index is 1.59. The summed E-state index contributed by atoms with van der Waals surface area (Å²) >= 11 is 3.41. The maximum Gasteiger partial charge on any atom is 0.277 e. The molecule has 0 atom stereocenters. The highest BCUT2D eigenvalue weighted by molar-refractivity contribution is 14.1. The zero-order valence-electron chi connectivity index (χ0n) is 15.3. The summed E-state index contributed by atoms with van der Waals surface area (Å²) in [6.07, 6.45) is 0. The number of carbonyl (C=O) groups excluding carboxylic acids is 1. The lowest BCUT2D eigenvalue weighted by Crippen LogP contribution is -2.14. The Labute approximate surface area is 176 Å². The van der Waals surface area contributed by atoms with Crippen LogP contribution in [0.2, 0.25) is 0 Å². The fourth-order valence-electron chi connectivity index (χ4n) is 2.37. The summed E-state index contributed by atoms with van der Waals surface area (Å²) < 4.78 is 6.67. The van der Waals surface area contributed by atoms with Crippen molar-refractivity contribution < 1.29 is 9.21 Å². The van der Waals surface area contributed by atoms with E-state index in [0.717, 1.165) is 14.8 Å². The van der Waals surface area contributed by atoms with E-state index in [-0.39, 0.29) is 17.1 Å². The SMILES string of the molecule is CC(C)(C)c1ccc(-c2nnc(SCC(=O)Nc3ccccc3I)o2)cc1. The van der Waals surface area contributed by atoms with Gasteiger partial charge in [0.05, 0.1) is 11.4 Å². The van der Waals surface area contributed by atoms with Gasteiger partial charge in [0.25, 0.3) is 5.22 Å². The molecule has 0 spiro atoms. The molecule has 0 saturated heterocycles. The molecular weight excluding hydrogens is 473 g/mol. The molecule has 0 aliphatic carbocycles. The van der Waals surface area contributed by atoms with Crippen molar-refractivity contribution in [1.29, 1.82) is 0 Å². The zero-order valence-corrected chi connectivity index (χ0v) is 18.3. The number of para-hydroxylation sites is 1. The molecular formula is C20H20IN3O2S. The minimum absolute atomic E-state index is 0.0956. The van der Waals surface area contributed by atoms with Crippen LogP contribution in [0.5, 0.6) is 0 Å². The molecule has 0 saturated carbocycles. The molecule has 140 valence electrons. The topological polar surface area (TPSA) is 68.0 Å². The number of nitrogens with one attached hydrogen (secondary N) is 1. The third kappa shape index (κ3) is 5.32. The zero-order chi connectivity index (χ0) is 19.4. The summed E-state index contributed by atoms with van der Waals surface area (Å²) in [4.78, 5) is 12.1. The molecule has 0 radical (unpaired) electrons. The number of hydrogen-bond acceptors (Lipinski definition) is 5. The smallest absolute Gasteiger partial charge is 0.277 e. The van der Waals surface area contributed by atoms with Crippen LogP contribution in [0.1, 0.15) is 26.3 Å². The monoisotopic (exact) mass is 493 g/mol. The van der Waals surface area contributed by atoms with Crippen molar-refractivity contribution >= 4 is 45.9 Å². The number of rotatable bonds is 5. The fourth-order valence-corrected chi connectivity index (χ4v) is 3.46. The molecule has 0 unspecified atom stereocenters. The highest BCUT2D eigenvalue weighted by Crippen LogP contribution is 2.27. The van der Waals surface area contributed by atoms with Crippen molar-refractivity contribution in [3.8, 4) is 11.5 Å². The standard InChI is InChI=1S/C20H20IN3O2S/c1-20(2,3)14-10-8-13(9-11-14)18-23-24-19(26-18)27-12-17(25)22-16-7-5-4-6-15(16)21/h4-11H,12H2,1-3H3,(H,22,25). The average Bonchev–Trinajstić information content (AvgIpc) is 3.10. The molecule has 2 aromatic carbocycles. The van der Waals surface area contributed by atoms with Crippen molar-refractivity contribution in [2.24, 2.45) is 0 Å². The molecule has 3 aromatic rings. The van der Waals surface area contributed by atoms with E-state index in [4.69, 9.17) is 4.42 Å². The van der Waals surface area contributed by atoms with E-state index in [0.29, 0.717) is 11.1 Å². The van der Waals surface area contributed by atoms with Crippen LogP contribution in [0.4, 0.5) is 5.69 Å². The van der Waals surface area contributed by atoms with Gasteiger partial charge in [0.2, 0.25) is 11.8 Å². The van der Waals surface area contributed by atoms with Crippen molar-refractivity contribution in [2.75, 3.05) is 11.1 Å². The maximum absolute atomic E-state index is 12.1. The fraction of sp³-hybridized carbons (Fsp3) is 0.250. The van der Waals surface area contributed by atoms with Gasteiger partial charge in [0.15, 0.2) is 0 Å². The van der Waals surface area contributed by atoms with E-state index >= 15 is 0 Å². The summed E-state index contributed by atoms with van der Waals surface area (Å²) in [7, 11) is 0. The second-order valence-corrected chi connectivity index (χ2v) is 9.11. The van der Waals surface area contributed by atoms with E-state index < -0.39 is 0 Å². The van der Waals surface area contributed by atoms with Crippen LogP contribution < -0.4 is 5.32 Å². The molecule has 1 heterocycles. The molecule has 0 aliphatic rings. The number of carbonyl (C=O) groups is 1. The van der Waals surface area contributed by atoms with Gasteiger partial charge in [-0.25, -0.2) is 0 Å². The molecule has 1 amide bonds. The molecule has 0 aliphatic heterocycles. The molecule has 0 fully saturated rings. The number of hydrogen-bond donors (Lipinski definition) is 1. The number of aromatic nitrogens is 2. The van der Waals surface area contributed by atoms with Crippen molar-refractivity contribution in [2.45, 2.75) is 31.4 Å². The molecule has 5 nitrogen and oxygen atoms in total. The number of thioether (sulfide) groups is 1. The molecule has 7 heteroatoms. The van der Waals surface area contributed by atoms with E-state index in [1.165, 1.54) is 17.3 Å². The van der Waals surface area contributed by atoms with Gasteiger partial charge in [-0.15, -0.1) is 10.2 Å². The first kappa shape index (κ1) is 19.9. The van der Waals surface area contributed by atoms with Crippen LogP contribution in [0.25, 0.3) is 11.5 Å². The van der Waals surface area contributed by atoms with Gasteiger partial charge in [0.1, 0.15) is 0 Å². The number of anilines is 1. The van der Waals surface area contributed by atoms with Gasteiger partial charge in [-0.2, -0.15) is 0 Å². The minimum atomic E-state index is -0.113. The first-order valence-corrected chi connectivity index (χ1v) is 10.5. The highest BCUT2D eigenvalue weighted by atomic mass is 127. The van der Waals surface area contributed by atoms with Crippen molar-refractivity contribution in [3.63, 3.8) is 0 Å². The lowest BCUT2D eigenvalue weighted by Gasteiger charge is -2.18. The molecule has 0 bridgehead atoms. The van der Waals surface area contributed by atoms with Crippen LogP contribution in [0, 0.1) is 3.57 Å². The lowest BCUT2D eigenvalue weighted by molar-refractivity contribution is -0.113. The predicted octanol–water partition coefficient (Wildman–Crippen LogP) is 5.37. The molecule has 1 N–H and O–H groups in total.